The summed E-state index contributed by atoms with van der Waals surface area (Å²) in [5.41, 5.74) is 2.17. The summed E-state index contributed by atoms with van der Waals surface area (Å²) in [5.74, 6) is 0.197. The number of carboxylic acid groups (broad SMARTS) is 1. The smallest absolute Gasteiger partial charge is 0.339 e. The third-order valence-electron chi connectivity index (χ3n) is 6.67. The van der Waals surface area contributed by atoms with E-state index >= 15 is 0 Å². The first-order valence-corrected chi connectivity index (χ1v) is 12.0. The fourth-order valence-electron chi connectivity index (χ4n) is 4.59. The molecule has 7 nitrogen and oxygen atoms in total. The van der Waals surface area contributed by atoms with Crippen LogP contribution in [-0.2, 0) is 22.6 Å². The highest BCUT2D eigenvalue weighted by atomic mass is 16.5. The van der Waals surface area contributed by atoms with Crippen LogP contribution < -0.4 is 10.6 Å². The topological polar surface area (TPSA) is 108 Å². The van der Waals surface area contributed by atoms with Gasteiger partial charge in [0.1, 0.15) is 17.9 Å². The lowest BCUT2D eigenvalue weighted by atomic mass is 9.75. The maximum Gasteiger partial charge on any atom is 0.339 e. The number of aromatic carboxylic acids is 1. The summed E-state index contributed by atoms with van der Waals surface area (Å²) in [6.07, 6.45) is 3.56. The second-order valence-electron chi connectivity index (χ2n) is 9.62. The van der Waals surface area contributed by atoms with E-state index in [9.17, 15) is 14.7 Å². The predicted molar refractivity (Wildman–Crippen MR) is 132 cm³/mol. The molecule has 34 heavy (non-hydrogen) atoms. The molecule has 0 radical (unpaired) electrons. The molecule has 1 saturated carbocycles. The van der Waals surface area contributed by atoms with Crippen LogP contribution in [0.25, 0.3) is 0 Å². The van der Waals surface area contributed by atoms with Gasteiger partial charge in [-0.3, -0.25) is 4.79 Å². The fourth-order valence-corrected chi connectivity index (χ4v) is 4.59. The molecule has 0 bridgehead atoms. The molecule has 1 amide bonds. The molecule has 1 aliphatic carbocycles. The van der Waals surface area contributed by atoms with Gasteiger partial charge in [-0.15, -0.1) is 0 Å². The van der Waals surface area contributed by atoms with E-state index in [1.807, 2.05) is 24.3 Å². The van der Waals surface area contributed by atoms with E-state index < -0.39 is 5.97 Å². The molecule has 0 unspecified atom stereocenters. The van der Waals surface area contributed by atoms with E-state index in [1.54, 1.807) is 12.1 Å². The SMILES string of the molecule is CC(C)[C@@H]1CC[C@@H](C)C[C@H]1OCC(=O)NCc1ccc(NCc2cccc(C(=O)O)c2O)cc1. The summed E-state index contributed by atoms with van der Waals surface area (Å²) in [6, 6.07) is 12.2. The van der Waals surface area contributed by atoms with Crippen molar-refractivity contribution in [2.24, 2.45) is 17.8 Å². The Morgan fingerprint density at radius 3 is 2.50 bits per heavy atom. The molecule has 2 aromatic rings. The van der Waals surface area contributed by atoms with Crippen LogP contribution >= 0.6 is 0 Å². The zero-order chi connectivity index (χ0) is 24.7. The first-order chi connectivity index (χ1) is 16.2. The maximum atomic E-state index is 12.3. The summed E-state index contributed by atoms with van der Waals surface area (Å²) in [5, 5.41) is 25.3. The molecule has 0 aromatic heterocycles. The predicted octanol–water partition coefficient (Wildman–Crippen LogP) is 4.80. The van der Waals surface area contributed by atoms with Gasteiger partial charge in [-0.05, 0) is 54.4 Å². The molecule has 3 atom stereocenters. The lowest BCUT2D eigenvalue weighted by molar-refractivity contribution is -0.131. The average Bonchev–Trinajstić information content (AvgIpc) is 2.81. The van der Waals surface area contributed by atoms with Crippen molar-refractivity contribution in [2.75, 3.05) is 11.9 Å². The second-order valence-corrected chi connectivity index (χ2v) is 9.62. The molecule has 0 spiro atoms. The number of amides is 1. The summed E-state index contributed by atoms with van der Waals surface area (Å²) in [4.78, 5) is 23.5. The van der Waals surface area contributed by atoms with Gasteiger partial charge in [0, 0.05) is 24.3 Å². The van der Waals surface area contributed by atoms with Crippen molar-refractivity contribution in [3.05, 3.63) is 59.2 Å². The molecule has 0 aliphatic heterocycles. The highest BCUT2D eigenvalue weighted by Gasteiger charge is 2.31. The molecule has 0 saturated heterocycles. The fraction of sp³-hybridized carbons (Fsp3) is 0.481. The molecule has 4 N–H and O–H groups in total. The zero-order valence-corrected chi connectivity index (χ0v) is 20.2. The average molecular weight is 469 g/mol. The number of carbonyl (C=O) groups is 2. The Hall–Kier alpha value is -3.06. The Kier molecular flexibility index (Phi) is 8.93. The number of hydrogen-bond acceptors (Lipinski definition) is 5. The molecule has 2 aromatic carbocycles. The third kappa shape index (κ3) is 6.97. The van der Waals surface area contributed by atoms with Crippen molar-refractivity contribution in [1.82, 2.24) is 5.32 Å². The number of benzene rings is 2. The summed E-state index contributed by atoms with van der Waals surface area (Å²) in [7, 11) is 0. The van der Waals surface area contributed by atoms with Crippen LogP contribution in [0, 0.1) is 17.8 Å². The lowest BCUT2D eigenvalue weighted by Gasteiger charge is -2.37. The Bertz CT molecular complexity index is 973. The second kappa shape index (κ2) is 11.9. The monoisotopic (exact) mass is 468 g/mol. The molecule has 1 aliphatic rings. The number of carbonyl (C=O) groups excluding carboxylic acids is 1. The van der Waals surface area contributed by atoms with Gasteiger partial charge in [-0.25, -0.2) is 4.79 Å². The summed E-state index contributed by atoms with van der Waals surface area (Å²) in [6.45, 7) is 7.49. The number of aromatic hydroxyl groups is 1. The van der Waals surface area contributed by atoms with Crippen LogP contribution in [-0.4, -0.2) is 34.8 Å². The highest BCUT2D eigenvalue weighted by molar-refractivity contribution is 5.91. The standard InChI is InChI=1S/C27H36N2O5/c1-17(2)22-12-7-18(3)13-24(22)34-16-25(30)29-14-19-8-10-21(11-9-19)28-15-20-5-4-6-23(26(20)31)27(32)33/h4-6,8-11,17-18,22,24,28,31H,7,12-16H2,1-3H3,(H,29,30)(H,32,33)/t18-,22+,24-/m1/s1. The lowest BCUT2D eigenvalue weighted by Crippen LogP contribution is -2.37. The molecule has 0 heterocycles. The Morgan fingerprint density at radius 2 is 1.82 bits per heavy atom. The van der Waals surface area contributed by atoms with E-state index in [0.717, 1.165) is 24.1 Å². The van der Waals surface area contributed by atoms with Gasteiger partial charge in [0.15, 0.2) is 0 Å². The van der Waals surface area contributed by atoms with Crippen LogP contribution in [0.3, 0.4) is 0 Å². The number of carboxylic acids is 1. The third-order valence-corrected chi connectivity index (χ3v) is 6.67. The number of anilines is 1. The van der Waals surface area contributed by atoms with Gasteiger partial charge in [0.05, 0.1) is 6.10 Å². The van der Waals surface area contributed by atoms with Crippen LogP contribution in [0.2, 0.25) is 0 Å². The normalized spacial score (nSPS) is 20.2. The summed E-state index contributed by atoms with van der Waals surface area (Å²) < 4.78 is 6.02. The number of hydrogen-bond donors (Lipinski definition) is 4. The molecule has 184 valence electrons. The van der Waals surface area contributed by atoms with Crippen LogP contribution in [0.5, 0.6) is 5.75 Å². The molecule has 3 rings (SSSR count). The molecule has 1 fully saturated rings. The Morgan fingerprint density at radius 1 is 1.09 bits per heavy atom. The van der Waals surface area contributed by atoms with Crippen molar-refractivity contribution in [3.63, 3.8) is 0 Å². The molecule has 7 heteroatoms. The maximum absolute atomic E-state index is 12.3. The number of rotatable bonds is 10. The molecular formula is C27H36N2O5. The van der Waals surface area contributed by atoms with E-state index in [1.165, 1.54) is 12.5 Å². The van der Waals surface area contributed by atoms with Crippen molar-refractivity contribution >= 4 is 17.6 Å². The minimum Gasteiger partial charge on any atom is -0.507 e. The van der Waals surface area contributed by atoms with Crippen molar-refractivity contribution in [3.8, 4) is 5.75 Å². The van der Waals surface area contributed by atoms with Crippen molar-refractivity contribution < 1.29 is 24.5 Å². The van der Waals surface area contributed by atoms with E-state index in [4.69, 9.17) is 9.84 Å². The van der Waals surface area contributed by atoms with Gasteiger partial charge in [-0.1, -0.05) is 51.5 Å². The quantitative estimate of drug-likeness (QED) is 0.399. The molecular weight excluding hydrogens is 432 g/mol. The first-order valence-electron chi connectivity index (χ1n) is 12.0. The van der Waals surface area contributed by atoms with Crippen molar-refractivity contribution in [2.45, 2.75) is 59.2 Å². The minimum absolute atomic E-state index is 0.0825. The highest BCUT2D eigenvalue weighted by Crippen LogP contribution is 2.35. The van der Waals surface area contributed by atoms with Gasteiger partial charge in [0.2, 0.25) is 5.91 Å². The van der Waals surface area contributed by atoms with Crippen LogP contribution in [0.1, 0.15) is 61.5 Å². The number of phenols is 1. The Labute approximate surface area is 201 Å². The number of ether oxygens (including phenoxy) is 1. The van der Waals surface area contributed by atoms with Crippen LogP contribution in [0.15, 0.2) is 42.5 Å². The van der Waals surface area contributed by atoms with E-state index in [-0.39, 0.29) is 36.5 Å². The largest absolute Gasteiger partial charge is 0.507 e. The van der Waals surface area contributed by atoms with E-state index in [2.05, 4.69) is 31.4 Å². The minimum atomic E-state index is -1.16. The van der Waals surface area contributed by atoms with Gasteiger partial charge in [0.25, 0.3) is 0 Å². The number of nitrogens with one attached hydrogen (secondary N) is 2. The Balaban J connectivity index is 1.44. The zero-order valence-electron chi connectivity index (χ0n) is 20.2. The van der Waals surface area contributed by atoms with Crippen LogP contribution in [0.4, 0.5) is 5.69 Å². The summed E-state index contributed by atoms with van der Waals surface area (Å²) >= 11 is 0. The first kappa shape index (κ1) is 25.6. The number of para-hydroxylation sites is 1. The van der Waals surface area contributed by atoms with Gasteiger partial charge >= 0.3 is 5.97 Å². The van der Waals surface area contributed by atoms with Gasteiger partial charge in [-0.2, -0.15) is 0 Å². The van der Waals surface area contributed by atoms with Crippen molar-refractivity contribution in [1.29, 1.82) is 0 Å². The van der Waals surface area contributed by atoms with Gasteiger partial charge < -0.3 is 25.6 Å². The van der Waals surface area contributed by atoms with E-state index in [0.29, 0.717) is 29.9 Å².